The van der Waals surface area contributed by atoms with Crippen molar-refractivity contribution in [3.05, 3.63) is 59.7 Å². The number of hydrogen-bond donors (Lipinski definition) is 3. The molecule has 2 aromatic rings. The molecular weight excluding hydrogens is 274 g/mol. The molecule has 3 rings (SSSR count). The van der Waals surface area contributed by atoms with E-state index in [0.29, 0.717) is 12.5 Å². The van der Waals surface area contributed by atoms with Gasteiger partial charge in [-0.3, -0.25) is 0 Å². The maximum atomic E-state index is 11.9. The molecule has 0 fully saturated rings. The van der Waals surface area contributed by atoms with Crippen LogP contribution in [0.2, 0.25) is 0 Å². The van der Waals surface area contributed by atoms with Crippen LogP contribution >= 0.6 is 0 Å². The first kappa shape index (κ1) is 14.4. The Labute approximate surface area is 130 Å². The highest BCUT2D eigenvalue weighted by Gasteiger charge is 2.20. The van der Waals surface area contributed by atoms with E-state index in [9.17, 15) is 4.79 Å². The summed E-state index contributed by atoms with van der Waals surface area (Å²) in [5.74, 6) is 0.468. The van der Waals surface area contributed by atoms with Gasteiger partial charge in [-0.1, -0.05) is 30.3 Å². The molecule has 1 aliphatic heterocycles. The lowest BCUT2D eigenvalue weighted by molar-refractivity contribution is 0.252. The molecule has 0 aromatic heterocycles. The van der Waals surface area contributed by atoms with Gasteiger partial charge >= 0.3 is 6.03 Å². The van der Waals surface area contributed by atoms with E-state index in [1.165, 1.54) is 11.3 Å². The van der Waals surface area contributed by atoms with Crippen LogP contribution in [-0.4, -0.2) is 19.1 Å². The minimum Gasteiger partial charge on any atom is -0.384 e. The number of carbonyl (C=O) groups excluding carboxylic acids is 1. The van der Waals surface area contributed by atoms with E-state index in [0.717, 1.165) is 24.2 Å². The molecule has 2 aromatic carbocycles. The van der Waals surface area contributed by atoms with Gasteiger partial charge in [-0.25, -0.2) is 4.79 Å². The largest absolute Gasteiger partial charge is 0.384 e. The van der Waals surface area contributed by atoms with Crippen LogP contribution in [-0.2, 0) is 0 Å². The van der Waals surface area contributed by atoms with Crippen molar-refractivity contribution in [3.8, 4) is 0 Å². The number of nitrogens with one attached hydrogen (secondary N) is 3. The first-order chi connectivity index (χ1) is 10.7. The number of hydrogen-bond acceptors (Lipinski definition) is 2. The molecule has 1 aliphatic rings. The molecule has 114 valence electrons. The third-order valence-electron chi connectivity index (χ3n) is 3.99. The summed E-state index contributed by atoms with van der Waals surface area (Å²) in [5.41, 5.74) is 4.52. The van der Waals surface area contributed by atoms with E-state index in [-0.39, 0.29) is 6.03 Å². The van der Waals surface area contributed by atoms with Crippen LogP contribution in [0, 0.1) is 6.92 Å². The molecular formula is C18H21N3O. The van der Waals surface area contributed by atoms with E-state index >= 15 is 0 Å². The second kappa shape index (κ2) is 6.52. The number of aryl methyl sites for hydroxylation is 1. The molecule has 1 atom stereocenters. The number of para-hydroxylation sites is 1. The number of amides is 2. The minimum absolute atomic E-state index is 0.148. The Kier molecular flexibility index (Phi) is 4.28. The first-order valence-electron chi connectivity index (χ1n) is 7.67. The lowest BCUT2D eigenvalue weighted by Gasteiger charge is -2.12. The van der Waals surface area contributed by atoms with Crippen molar-refractivity contribution in [1.29, 1.82) is 0 Å². The van der Waals surface area contributed by atoms with E-state index in [2.05, 4.69) is 34.1 Å². The summed E-state index contributed by atoms with van der Waals surface area (Å²) in [6, 6.07) is 16.0. The lowest BCUT2D eigenvalue weighted by atomic mass is 9.98. The molecule has 4 heteroatoms. The third-order valence-corrected chi connectivity index (χ3v) is 3.99. The Hall–Kier alpha value is -2.49. The fourth-order valence-electron chi connectivity index (χ4n) is 2.87. The van der Waals surface area contributed by atoms with Crippen molar-refractivity contribution < 1.29 is 4.79 Å². The van der Waals surface area contributed by atoms with Crippen molar-refractivity contribution in [1.82, 2.24) is 5.32 Å². The molecule has 1 heterocycles. The van der Waals surface area contributed by atoms with Crippen LogP contribution in [0.5, 0.6) is 0 Å². The highest BCUT2D eigenvalue weighted by atomic mass is 16.2. The molecule has 0 saturated carbocycles. The Morgan fingerprint density at radius 3 is 2.95 bits per heavy atom. The van der Waals surface area contributed by atoms with E-state index in [1.807, 2.05) is 37.3 Å². The summed E-state index contributed by atoms with van der Waals surface area (Å²) >= 11 is 0. The van der Waals surface area contributed by atoms with Crippen molar-refractivity contribution in [2.75, 3.05) is 23.7 Å². The van der Waals surface area contributed by atoms with Gasteiger partial charge in [-0.15, -0.1) is 0 Å². The van der Waals surface area contributed by atoms with Crippen LogP contribution in [0.15, 0.2) is 48.5 Å². The average molecular weight is 295 g/mol. The molecule has 0 radical (unpaired) electrons. The molecule has 3 N–H and O–H groups in total. The SMILES string of the molecule is Cc1cccc(NC(=O)NCCC2CNc3ccccc32)c1. The van der Waals surface area contributed by atoms with Crippen LogP contribution < -0.4 is 16.0 Å². The predicted molar refractivity (Wildman–Crippen MR) is 90.5 cm³/mol. The van der Waals surface area contributed by atoms with E-state index in [4.69, 9.17) is 0 Å². The summed E-state index contributed by atoms with van der Waals surface area (Å²) in [7, 11) is 0. The van der Waals surface area contributed by atoms with Gasteiger partial charge in [0.15, 0.2) is 0 Å². The van der Waals surface area contributed by atoms with Gasteiger partial charge in [-0.2, -0.15) is 0 Å². The number of benzene rings is 2. The molecule has 2 amide bonds. The predicted octanol–water partition coefficient (Wildman–Crippen LogP) is 3.72. The molecule has 22 heavy (non-hydrogen) atoms. The first-order valence-corrected chi connectivity index (χ1v) is 7.67. The van der Waals surface area contributed by atoms with Crippen molar-refractivity contribution in [2.45, 2.75) is 19.3 Å². The van der Waals surface area contributed by atoms with Gasteiger partial charge in [0, 0.05) is 30.4 Å². The third kappa shape index (κ3) is 3.39. The smallest absolute Gasteiger partial charge is 0.319 e. The number of carbonyl (C=O) groups is 1. The van der Waals surface area contributed by atoms with Gasteiger partial charge in [-0.05, 0) is 42.7 Å². The maximum Gasteiger partial charge on any atom is 0.319 e. The second-order valence-corrected chi connectivity index (χ2v) is 5.70. The van der Waals surface area contributed by atoms with Crippen LogP contribution in [0.25, 0.3) is 0 Å². The van der Waals surface area contributed by atoms with Gasteiger partial charge in [0.25, 0.3) is 0 Å². The normalized spacial score (nSPS) is 15.8. The van der Waals surface area contributed by atoms with Crippen molar-refractivity contribution >= 4 is 17.4 Å². The molecule has 0 bridgehead atoms. The zero-order valence-electron chi connectivity index (χ0n) is 12.7. The minimum atomic E-state index is -0.148. The highest BCUT2D eigenvalue weighted by Crippen LogP contribution is 2.32. The Morgan fingerprint density at radius 2 is 2.09 bits per heavy atom. The monoisotopic (exact) mass is 295 g/mol. The summed E-state index contributed by atoms with van der Waals surface area (Å²) < 4.78 is 0. The topological polar surface area (TPSA) is 53.2 Å². The molecule has 0 aliphatic carbocycles. The van der Waals surface area contributed by atoms with E-state index < -0.39 is 0 Å². The van der Waals surface area contributed by atoms with Gasteiger partial charge in [0.2, 0.25) is 0 Å². The van der Waals surface area contributed by atoms with Gasteiger partial charge in [0.05, 0.1) is 0 Å². The molecule has 4 nitrogen and oxygen atoms in total. The fraction of sp³-hybridized carbons (Fsp3) is 0.278. The number of urea groups is 1. The summed E-state index contributed by atoms with van der Waals surface area (Å²) in [4.78, 5) is 11.9. The van der Waals surface area contributed by atoms with Crippen LogP contribution in [0.1, 0.15) is 23.5 Å². The maximum absolute atomic E-state index is 11.9. The van der Waals surface area contributed by atoms with Crippen LogP contribution in [0.4, 0.5) is 16.2 Å². The lowest BCUT2D eigenvalue weighted by Crippen LogP contribution is -2.30. The highest BCUT2D eigenvalue weighted by molar-refractivity contribution is 5.89. The summed E-state index contributed by atoms with van der Waals surface area (Å²) in [5, 5.41) is 9.20. The zero-order chi connectivity index (χ0) is 15.4. The molecule has 0 saturated heterocycles. The van der Waals surface area contributed by atoms with E-state index in [1.54, 1.807) is 0 Å². The molecule has 0 spiro atoms. The summed E-state index contributed by atoms with van der Waals surface area (Å²) in [6.45, 7) is 3.62. The quantitative estimate of drug-likeness (QED) is 0.805. The van der Waals surface area contributed by atoms with Crippen molar-refractivity contribution in [3.63, 3.8) is 0 Å². The standard InChI is InChI=1S/C18H21N3O/c1-13-5-4-6-15(11-13)21-18(22)19-10-9-14-12-20-17-8-3-2-7-16(14)17/h2-8,11,14,20H,9-10,12H2,1H3,(H2,19,21,22). The number of anilines is 2. The molecule has 1 unspecified atom stereocenters. The average Bonchev–Trinajstić information content (AvgIpc) is 2.91. The van der Waals surface area contributed by atoms with Gasteiger partial charge in [0.1, 0.15) is 0 Å². The Morgan fingerprint density at radius 1 is 1.23 bits per heavy atom. The number of rotatable bonds is 4. The van der Waals surface area contributed by atoms with Gasteiger partial charge < -0.3 is 16.0 Å². The van der Waals surface area contributed by atoms with Crippen molar-refractivity contribution in [2.24, 2.45) is 0 Å². The Balaban J connectivity index is 1.47. The number of fused-ring (bicyclic) bond motifs is 1. The second-order valence-electron chi connectivity index (χ2n) is 5.70. The zero-order valence-corrected chi connectivity index (χ0v) is 12.7. The summed E-state index contributed by atoms with van der Waals surface area (Å²) in [6.07, 6.45) is 0.936. The fourth-order valence-corrected chi connectivity index (χ4v) is 2.87. The Bertz CT molecular complexity index is 669. The van der Waals surface area contributed by atoms with Crippen LogP contribution in [0.3, 0.4) is 0 Å².